The first-order chi connectivity index (χ1) is 11.3. The highest BCUT2D eigenvalue weighted by atomic mass is 16.5. The third kappa shape index (κ3) is 7.42. The van der Waals surface area contributed by atoms with Crippen LogP contribution in [0.4, 0.5) is 4.79 Å². The van der Waals surface area contributed by atoms with Gasteiger partial charge in [0.25, 0.3) is 0 Å². The number of nitrogens with one attached hydrogen (secondary N) is 2. The van der Waals surface area contributed by atoms with Crippen molar-refractivity contribution < 1.29 is 9.53 Å². The Morgan fingerprint density at radius 1 is 0.957 bits per heavy atom. The lowest BCUT2D eigenvalue weighted by molar-refractivity contribution is 0.135. The zero-order chi connectivity index (χ0) is 16.2. The normalized spacial score (nSPS) is 10.3. The van der Waals surface area contributed by atoms with Crippen molar-refractivity contribution >= 4 is 6.03 Å². The van der Waals surface area contributed by atoms with E-state index in [9.17, 15) is 4.79 Å². The molecule has 0 saturated heterocycles. The lowest BCUT2D eigenvalue weighted by Crippen LogP contribution is -2.35. The van der Waals surface area contributed by atoms with Gasteiger partial charge in [-0.2, -0.15) is 0 Å². The molecule has 0 fully saturated rings. The molecule has 0 aliphatic rings. The van der Waals surface area contributed by atoms with Crippen molar-refractivity contribution in [3.8, 4) is 0 Å². The lowest BCUT2D eigenvalue weighted by Gasteiger charge is -2.08. The summed E-state index contributed by atoms with van der Waals surface area (Å²) in [7, 11) is 0. The van der Waals surface area contributed by atoms with Crippen molar-refractivity contribution in [1.29, 1.82) is 0 Å². The van der Waals surface area contributed by atoms with E-state index in [4.69, 9.17) is 4.74 Å². The van der Waals surface area contributed by atoms with Crippen molar-refractivity contribution in [2.24, 2.45) is 0 Å². The van der Waals surface area contributed by atoms with Crippen LogP contribution < -0.4 is 10.6 Å². The number of hydrogen-bond donors (Lipinski definition) is 2. The molecule has 1 aromatic heterocycles. The van der Waals surface area contributed by atoms with Crippen LogP contribution in [0.1, 0.15) is 17.5 Å². The molecule has 2 amide bonds. The number of rotatable bonds is 9. The first-order valence-electron chi connectivity index (χ1n) is 7.87. The molecular formula is C18H23N3O2. The van der Waals surface area contributed by atoms with Gasteiger partial charge in [-0.05, 0) is 36.1 Å². The van der Waals surface area contributed by atoms with E-state index >= 15 is 0 Å². The summed E-state index contributed by atoms with van der Waals surface area (Å²) in [6, 6.07) is 13.9. The minimum absolute atomic E-state index is 0.161. The second-order valence-electron chi connectivity index (χ2n) is 5.17. The van der Waals surface area contributed by atoms with E-state index in [0.29, 0.717) is 26.3 Å². The monoisotopic (exact) mass is 313 g/mol. The number of carbonyl (C=O) groups is 1. The fourth-order valence-electron chi connectivity index (χ4n) is 2.06. The Bertz CT molecular complexity index is 561. The predicted molar refractivity (Wildman–Crippen MR) is 90.1 cm³/mol. The Kier molecular flexibility index (Phi) is 7.63. The highest BCUT2D eigenvalue weighted by Gasteiger charge is 1.99. The molecule has 0 bridgehead atoms. The Morgan fingerprint density at radius 2 is 1.74 bits per heavy atom. The molecule has 5 heteroatoms. The van der Waals surface area contributed by atoms with Gasteiger partial charge in [0.2, 0.25) is 0 Å². The molecule has 0 spiro atoms. The topological polar surface area (TPSA) is 63.2 Å². The molecule has 2 aromatic rings. The Balaban J connectivity index is 1.45. The maximum Gasteiger partial charge on any atom is 0.315 e. The number of hydrogen-bond acceptors (Lipinski definition) is 3. The molecule has 122 valence electrons. The third-order valence-electron chi connectivity index (χ3n) is 3.33. The van der Waals surface area contributed by atoms with Crippen LogP contribution >= 0.6 is 0 Å². The van der Waals surface area contributed by atoms with Gasteiger partial charge in [0.15, 0.2) is 0 Å². The van der Waals surface area contributed by atoms with Crippen LogP contribution in [0.2, 0.25) is 0 Å². The molecule has 0 aliphatic heterocycles. The summed E-state index contributed by atoms with van der Waals surface area (Å²) < 4.78 is 5.57. The van der Waals surface area contributed by atoms with E-state index < -0.39 is 0 Å². The molecule has 5 nitrogen and oxygen atoms in total. The zero-order valence-corrected chi connectivity index (χ0v) is 13.2. The summed E-state index contributed by atoms with van der Waals surface area (Å²) >= 11 is 0. The van der Waals surface area contributed by atoms with Gasteiger partial charge in [-0.1, -0.05) is 30.3 Å². The van der Waals surface area contributed by atoms with Gasteiger partial charge in [0.05, 0.1) is 6.61 Å². The van der Waals surface area contributed by atoms with Gasteiger partial charge in [-0.25, -0.2) is 4.79 Å². The minimum atomic E-state index is -0.161. The van der Waals surface area contributed by atoms with Crippen LogP contribution in [0.25, 0.3) is 0 Å². The van der Waals surface area contributed by atoms with Crippen molar-refractivity contribution in [2.45, 2.75) is 19.4 Å². The number of amides is 2. The maximum atomic E-state index is 11.6. The summed E-state index contributed by atoms with van der Waals surface area (Å²) in [4.78, 5) is 15.5. The van der Waals surface area contributed by atoms with Crippen molar-refractivity contribution in [2.75, 3.05) is 19.8 Å². The molecule has 2 N–H and O–H groups in total. The molecule has 1 heterocycles. The first kappa shape index (κ1) is 17.0. The van der Waals surface area contributed by atoms with Gasteiger partial charge < -0.3 is 15.4 Å². The Labute approximate surface area is 137 Å². The number of aromatic nitrogens is 1. The fraction of sp³-hybridized carbons (Fsp3) is 0.333. The van der Waals surface area contributed by atoms with E-state index in [0.717, 1.165) is 18.4 Å². The number of ether oxygens (including phenoxy) is 1. The molecule has 0 unspecified atom stereocenters. The SMILES string of the molecule is O=C(NCCCOCCc1ccccc1)NCc1ccncc1. The van der Waals surface area contributed by atoms with Gasteiger partial charge in [0.1, 0.15) is 0 Å². The quantitative estimate of drug-likeness (QED) is 0.699. The van der Waals surface area contributed by atoms with Crippen LogP contribution in [0.5, 0.6) is 0 Å². The van der Waals surface area contributed by atoms with E-state index in [1.165, 1.54) is 5.56 Å². The van der Waals surface area contributed by atoms with Gasteiger partial charge >= 0.3 is 6.03 Å². The number of urea groups is 1. The Morgan fingerprint density at radius 3 is 2.52 bits per heavy atom. The molecular weight excluding hydrogens is 290 g/mol. The summed E-state index contributed by atoms with van der Waals surface area (Å²) in [6.07, 6.45) is 5.14. The highest BCUT2D eigenvalue weighted by molar-refractivity contribution is 5.73. The average molecular weight is 313 g/mol. The summed E-state index contributed by atoms with van der Waals surface area (Å²) in [5.74, 6) is 0. The van der Waals surface area contributed by atoms with E-state index in [1.807, 2.05) is 30.3 Å². The smallest absolute Gasteiger partial charge is 0.315 e. The van der Waals surface area contributed by atoms with Gasteiger partial charge in [-0.3, -0.25) is 4.98 Å². The van der Waals surface area contributed by atoms with E-state index in [-0.39, 0.29) is 6.03 Å². The van der Waals surface area contributed by atoms with Crippen LogP contribution in [0, 0.1) is 0 Å². The molecule has 0 atom stereocenters. The second kappa shape index (κ2) is 10.3. The largest absolute Gasteiger partial charge is 0.381 e. The number of carbonyl (C=O) groups excluding carboxylic acids is 1. The molecule has 2 rings (SSSR count). The zero-order valence-electron chi connectivity index (χ0n) is 13.2. The summed E-state index contributed by atoms with van der Waals surface area (Å²) in [6.45, 7) is 2.46. The van der Waals surface area contributed by atoms with E-state index in [2.05, 4.69) is 27.8 Å². The van der Waals surface area contributed by atoms with Crippen molar-refractivity contribution in [1.82, 2.24) is 15.6 Å². The Hall–Kier alpha value is -2.40. The molecule has 0 radical (unpaired) electrons. The first-order valence-corrected chi connectivity index (χ1v) is 7.87. The number of benzene rings is 1. The molecule has 0 aliphatic carbocycles. The highest BCUT2D eigenvalue weighted by Crippen LogP contribution is 1.99. The summed E-state index contributed by atoms with van der Waals surface area (Å²) in [5, 5.41) is 5.62. The van der Waals surface area contributed by atoms with Crippen molar-refractivity contribution in [3.63, 3.8) is 0 Å². The average Bonchev–Trinajstić information content (AvgIpc) is 2.61. The van der Waals surface area contributed by atoms with Gasteiger partial charge in [0, 0.05) is 32.1 Å². The van der Waals surface area contributed by atoms with Crippen LogP contribution in [0.3, 0.4) is 0 Å². The second-order valence-corrected chi connectivity index (χ2v) is 5.17. The predicted octanol–water partition coefficient (Wildman–Crippen LogP) is 2.53. The van der Waals surface area contributed by atoms with Crippen LogP contribution in [-0.2, 0) is 17.7 Å². The molecule has 23 heavy (non-hydrogen) atoms. The van der Waals surface area contributed by atoms with E-state index in [1.54, 1.807) is 12.4 Å². The molecule has 0 saturated carbocycles. The maximum absolute atomic E-state index is 11.6. The lowest BCUT2D eigenvalue weighted by atomic mass is 10.2. The van der Waals surface area contributed by atoms with Crippen LogP contribution in [0.15, 0.2) is 54.9 Å². The number of pyridine rings is 1. The summed E-state index contributed by atoms with van der Waals surface area (Å²) in [5.41, 5.74) is 2.31. The molecule has 1 aromatic carbocycles. The standard InChI is InChI=1S/C18H23N3O2/c22-18(21-15-17-7-11-19-12-8-17)20-10-4-13-23-14-9-16-5-2-1-3-6-16/h1-3,5-8,11-12H,4,9-10,13-15H2,(H2,20,21,22). The number of nitrogens with zero attached hydrogens (tertiary/aromatic N) is 1. The third-order valence-corrected chi connectivity index (χ3v) is 3.33. The van der Waals surface area contributed by atoms with Gasteiger partial charge in [-0.15, -0.1) is 0 Å². The fourth-order valence-corrected chi connectivity index (χ4v) is 2.06. The minimum Gasteiger partial charge on any atom is -0.381 e. The van der Waals surface area contributed by atoms with Crippen LogP contribution in [-0.4, -0.2) is 30.8 Å². The van der Waals surface area contributed by atoms with Crippen molar-refractivity contribution in [3.05, 3.63) is 66.0 Å².